The second-order valence-electron chi connectivity index (χ2n) is 13.1. The van der Waals surface area contributed by atoms with Crippen molar-refractivity contribution in [3.8, 4) is 22.5 Å². The lowest BCUT2D eigenvalue weighted by atomic mass is 9.84. The van der Waals surface area contributed by atoms with Gasteiger partial charge in [0.05, 0.1) is 34.8 Å². The van der Waals surface area contributed by atoms with Gasteiger partial charge in [-0.25, -0.2) is 15.1 Å². The molecule has 3 aromatic heterocycles. The van der Waals surface area contributed by atoms with Crippen LogP contribution in [0.25, 0.3) is 33.4 Å². The summed E-state index contributed by atoms with van der Waals surface area (Å²) in [7, 11) is 1.68. The molecule has 1 saturated heterocycles. The molecule has 1 fully saturated rings. The van der Waals surface area contributed by atoms with Crippen molar-refractivity contribution < 1.29 is 27.8 Å². The van der Waals surface area contributed by atoms with Crippen LogP contribution >= 0.6 is 11.3 Å². The predicted octanol–water partition coefficient (Wildman–Crippen LogP) is 4.47. The van der Waals surface area contributed by atoms with Crippen LogP contribution in [0.2, 0.25) is 0 Å². The summed E-state index contributed by atoms with van der Waals surface area (Å²) in [4.78, 5) is 36.6. The fourth-order valence-electron chi connectivity index (χ4n) is 6.66. The number of methoxy groups -OCH3 is 1. The molecular weight excluding hydrogens is 653 g/mol. The molecule has 2 N–H and O–H groups in total. The third-order valence-corrected chi connectivity index (χ3v) is 10.4. The largest absolute Gasteiger partial charge is 0.760 e. The van der Waals surface area contributed by atoms with Crippen molar-refractivity contribution in [1.29, 1.82) is 0 Å². The number of fused-ring (bicyclic) bond motifs is 6. The molecule has 4 atom stereocenters. The smallest absolute Gasteiger partial charge is 0.324 e. The number of thiazole rings is 1. The van der Waals surface area contributed by atoms with Gasteiger partial charge in [0, 0.05) is 76.9 Å². The molecule has 1 amide bonds. The number of aryl methyl sites for hydroxylation is 1. The maximum absolute atomic E-state index is 13.6. The van der Waals surface area contributed by atoms with Crippen molar-refractivity contribution in [3.63, 3.8) is 0 Å². The van der Waals surface area contributed by atoms with Gasteiger partial charge in [0.15, 0.2) is 0 Å². The van der Waals surface area contributed by atoms with Gasteiger partial charge in [-0.3, -0.25) is 23.8 Å². The number of esters is 1. The third-order valence-electron chi connectivity index (χ3n) is 9.08. The topological polar surface area (TPSA) is 151 Å². The van der Waals surface area contributed by atoms with Crippen molar-refractivity contribution >= 4 is 45.4 Å². The van der Waals surface area contributed by atoms with Gasteiger partial charge in [0.1, 0.15) is 12.1 Å². The minimum absolute atomic E-state index is 0.0598. The third kappa shape index (κ3) is 6.96. The number of hydrazine groups is 1. The van der Waals surface area contributed by atoms with Gasteiger partial charge in [0.2, 0.25) is 0 Å². The zero-order chi connectivity index (χ0) is 34.2. The minimum Gasteiger partial charge on any atom is -0.760 e. The number of hydrogen-bond donors (Lipinski definition) is 2. The number of amides is 1. The van der Waals surface area contributed by atoms with Crippen molar-refractivity contribution in [3.05, 3.63) is 58.2 Å². The number of nitrogens with one attached hydrogen (secondary N) is 2. The first-order chi connectivity index (χ1) is 23.0. The highest BCUT2D eigenvalue weighted by Crippen LogP contribution is 2.42. The molecule has 0 aliphatic carbocycles. The fourth-order valence-corrected chi connectivity index (χ4v) is 7.93. The van der Waals surface area contributed by atoms with Gasteiger partial charge < -0.3 is 18.6 Å². The summed E-state index contributed by atoms with van der Waals surface area (Å²) in [6.45, 7) is 9.48. The van der Waals surface area contributed by atoms with Crippen LogP contribution in [0.5, 0.6) is 0 Å². The maximum Gasteiger partial charge on any atom is 0.324 e. The van der Waals surface area contributed by atoms with Crippen molar-refractivity contribution in [2.75, 3.05) is 20.3 Å². The van der Waals surface area contributed by atoms with Crippen LogP contribution < -0.4 is 10.1 Å². The average molecular weight is 694 g/mol. The second-order valence-corrected chi connectivity index (χ2v) is 14.8. The average Bonchev–Trinajstić information content (AvgIpc) is 3.67. The summed E-state index contributed by atoms with van der Waals surface area (Å²) >= 11 is -1.32. The molecule has 6 bridgehead atoms. The van der Waals surface area contributed by atoms with Gasteiger partial charge in [-0.2, -0.15) is 0 Å². The van der Waals surface area contributed by atoms with Crippen LogP contribution in [-0.2, 0) is 49.7 Å². The molecule has 1 aromatic carbocycles. The Bertz CT molecular complexity index is 1850. The quantitative estimate of drug-likeness (QED) is 0.220. The van der Waals surface area contributed by atoms with Crippen LogP contribution in [0, 0.1) is 5.41 Å². The molecule has 2 aliphatic rings. The molecule has 4 aromatic rings. The Hall–Kier alpha value is -3.53. The number of hydrogen-bond acceptors (Lipinski definition) is 10. The van der Waals surface area contributed by atoms with Crippen LogP contribution in [-0.4, -0.2) is 72.5 Å². The first-order valence-electron chi connectivity index (χ1n) is 16.2. The van der Waals surface area contributed by atoms with Crippen LogP contribution in [0.1, 0.15) is 62.9 Å². The van der Waals surface area contributed by atoms with Crippen LogP contribution in [0.3, 0.4) is 0 Å². The second kappa shape index (κ2) is 14.1. The molecule has 6 rings (SSSR count). The maximum atomic E-state index is 13.6. The number of pyridine rings is 1. The van der Waals surface area contributed by atoms with E-state index in [1.54, 1.807) is 13.3 Å². The fraction of sp³-hybridized carbons (Fsp3) is 0.471. The summed E-state index contributed by atoms with van der Waals surface area (Å²) in [5.41, 5.74) is 9.21. The molecule has 48 heavy (non-hydrogen) atoms. The van der Waals surface area contributed by atoms with E-state index in [1.807, 2.05) is 24.4 Å². The van der Waals surface area contributed by atoms with E-state index in [4.69, 9.17) is 19.4 Å². The molecule has 2 aliphatic heterocycles. The Morgan fingerprint density at radius 2 is 2.10 bits per heavy atom. The lowest BCUT2D eigenvalue weighted by Gasteiger charge is -2.35. The molecule has 0 radical (unpaired) electrons. The summed E-state index contributed by atoms with van der Waals surface area (Å²) in [5.74, 6) is -0.933. The number of cyclic esters (lactones) is 1. The monoisotopic (exact) mass is 693 g/mol. The summed E-state index contributed by atoms with van der Waals surface area (Å²) in [6, 6.07) is 8.49. The Morgan fingerprint density at radius 1 is 1.29 bits per heavy atom. The van der Waals surface area contributed by atoms with E-state index in [0.717, 1.165) is 44.7 Å². The number of carbonyl (C=O) groups excluding carboxylic acids is 2. The van der Waals surface area contributed by atoms with E-state index in [1.165, 1.54) is 16.3 Å². The zero-order valence-electron chi connectivity index (χ0n) is 27.8. The summed E-state index contributed by atoms with van der Waals surface area (Å²) in [5, 5.41) is 4.93. The number of ether oxygens (including phenoxy) is 2. The van der Waals surface area contributed by atoms with Gasteiger partial charge in [-0.05, 0) is 62.9 Å². The Kier molecular flexibility index (Phi) is 10.1. The first kappa shape index (κ1) is 34.3. The van der Waals surface area contributed by atoms with Crippen LogP contribution in [0.15, 0.2) is 41.9 Å². The summed E-state index contributed by atoms with van der Waals surface area (Å²) < 4.78 is 39.8. The van der Waals surface area contributed by atoms with E-state index in [0.29, 0.717) is 37.4 Å². The number of benzene rings is 1. The molecule has 0 saturated carbocycles. The van der Waals surface area contributed by atoms with E-state index < -0.39 is 40.6 Å². The lowest BCUT2D eigenvalue weighted by Crippen LogP contribution is -2.60. The predicted molar refractivity (Wildman–Crippen MR) is 183 cm³/mol. The molecule has 256 valence electrons. The Labute approximate surface area is 286 Å². The minimum atomic E-state index is -2.69. The highest BCUT2D eigenvalue weighted by Gasteiger charge is 2.35. The van der Waals surface area contributed by atoms with Crippen molar-refractivity contribution in [2.45, 2.75) is 78.1 Å². The van der Waals surface area contributed by atoms with Crippen LogP contribution in [0.4, 0.5) is 0 Å². The molecule has 0 spiro atoms. The van der Waals surface area contributed by atoms with E-state index in [9.17, 15) is 18.4 Å². The highest BCUT2D eigenvalue weighted by molar-refractivity contribution is 7.77. The Balaban J connectivity index is 1.53. The Morgan fingerprint density at radius 3 is 2.85 bits per heavy atom. The van der Waals surface area contributed by atoms with E-state index >= 15 is 0 Å². The van der Waals surface area contributed by atoms with Gasteiger partial charge in [-0.15, -0.1) is 11.3 Å². The summed E-state index contributed by atoms with van der Waals surface area (Å²) in [6.07, 6.45) is 3.26. The lowest BCUT2D eigenvalue weighted by molar-refractivity contribution is -0.155. The SMILES string of the molecule is CCn1c(-c2cccnc2[C@H](C)OC)c2c3cc(ccc31)-c1csc(n1)C[C@H](NS(=O)[O-])C(=O)N1CCC[C@H](N1)C(=O)OCC(C)(C)C2. The number of carbonyl (C=O) groups is 2. The normalized spacial score (nSPS) is 21.5. The van der Waals surface area contributed by atoms with Gasteiger partial charge in [-0.1, -0.05) is 19.9 Å². The van der Waals surface area contributed by atoms with Gasteiger partial charge >= 0.3 is 5.97 Å². The van der Waals surface area contributed by atoms with Crippen molar-refractivity contribution in [1.82, 2.24) is 29.7 Å². The van der Waals surface area contributed by atoms with E-state index in [2.05, 4.69) is 53.7 Å². The van der Waals surface area contributed by atoms with Gasteiger partial charge in [0.25, 0.3) is 5.91 Å². The van der Waals surface area contributed by atoms with Crippen molar-refractivity contribution in [2.24, 2.45) is 5.41 Å². The molecule has 14 heteroatoms. The number of nitrogens with zero attached hydrogens (tertiary/aromatic N) is 4. The molecular formula is C34H41N6O6S2-. The highest BCUT2D eigenvalue weighted by atomic mass is 32.2. The van der Waals surface area contributed by atoms with E-state index in [-0.39, 0.29) is 19.1 Å². The first-order valence-corrected chi connectivity index (χ1v) is 18.1. The molecule has 5 heterocycles. The standard InChI is InChI=1S/C34H42N6O6S2/c1-6-39-28-12-11-21-15-23(28)24(31(39)22-9-7-13-35-30(22)20(2)45-5)17-34(3,4)19-46-33(42)25-10-8-14-40(37-25)32(41)26(38-48(43)44)16-29-36-27(21)18-47-29/h7,9,11-13,15,18,20,25-26,37-38H,6,8,10,14,16-17,19H2,1-5H3,(H,43,44)/p-1/t20-,25-,26-/m0/s1. The number of rotatable bonds is 6. The molecule has 12 nitrogen and oxygen atoms in total. The molecule has 1 unspecified atom stereocenters. The zero-order valence-corrected chi connectivity index (χ0v) is 29.4. The number of aromatic nitrogens is 3.